The molecule has 0 radical (unpaired) electrons. The molecule has 2 N–H and O–H groups in total. The average Bonchev–Trinajstić information content (AvgIpc) is 2.82. The lowest BCUT2D eigenvalue weighted by atomic mass is 10.2. The van der Waals surface area contributed by atoms with E-state index in [0.717, 1.165) is 30.6 Å². The molecule has 1 atom stereocenters. The molecule has 0 bridgehead atoms. The number of nitrogens with one attached hydrogen (secondary N) is 2. The van der Waals surface area contributed by atoms with Crippen molar-refractivity contribution in [3.63, 3.8) is 0 Å². The van der Waals surface area contributed by atoms with Crippen molar-refractivity contribution in [2.24, 2.45) is 0 Å². The van der Waals surface area contributed by atoms with E-state index in [2.05, 4.69) is 10.0 Å². The molecule has 1 unspecified atom stereocenters. The lowest BCUT2D eigenvalue weighted by molar-refractivity contribution is 0.582. The van der Waals surface area contributed by atoms with E-state index >= 15 is 0 Å². The Kier molecular flexibility index (Phi) is 4.55. The maximum Gasteiger partial charge on any atom is 0.234 e. The van der Waals surface area contributed by atoms with E-state index in [1.807, 2.05) is 44.1 Å². The molecule has 2 rings (SSSR count). The molecule has 0 amide bonds. The highest BCUT2D eigenvalue weighted by Crippen LogP contribution is 2.23. The van der Waals surface area contributed by atoms with Crippen LogP contribution in [-0.2, 0) is 10.0 Å². The number of aryl methyl sites for hydroxylation is 1. The molecule has 0 aromatic heterocycles. The van der Waals surface area contributed by atoms with Crippen LogP contribution in [0, 0.1) is 6.92 Å². The second-order valence-electron chi connectivity index (χ2n) is 5.57. The van der Waals surface area contributed by atoms with E-state index in [9.17, 15) is 8.42 Å². The molecule has 20 heavy (non-hydrogen) atoms. The zero-order chi connectivity index (χ0) is 14.8. The first-order valence-electron chi connectivity index (χ1n) is 6.89. The van der Waals surface area contributed by atoms with E-state index in [4.69, 9.17) is 0 Å². The molecule has 5 nitrogen and oxygen atoms in total. The quantitative estimate of drug-likeness (QED) is 0.866. The smallest absolute Gasteiger partial charge is 0.234 e. The van der Waals surface area contributed by atoms with Crippen molar-refractivity contribution < 1.29 is 8.42 Å². The Bertz CT molecular complexity index is 564. The van der Waals surface area contributed by atoms with E-state index in [1.165, 1.54) is 0 Å². The summed E-state index contributed by atoms with van der Waals surface area (Å²) >= 11 is 0. The highest BCUT2D eigenvalue weighted by Gasteiger charge is 2.22. The molecule has 1 aromatic carbocycles. The highest BCUT2D eigenvalue weighted by atomic mass is 32.2. The number of hydrogen-bond donors (Lipinski definition) is 2. The van der Waals surface area contributed by atoms with Gasteiger partial charge in [0.15, 0.2) is 0 Å². The van der Waals surface area contributed by atoms with Crippen molar-refractivity contribution in [3.8, 4) is 0 Å². The summed E-state index contributed by atoms with van der Waals surface area (Å²) in [5.41, 5.74) is 2.76. The second kappa shape index (κ2) is 6.01. The minimum atomic E-state index is -3.30. The summed E-state index contributed by atoms with van der Waals surface area (Å²) in [5, 5.41) is 3.21. The zero-order valence-electron chi connectivity index (χ0n) is 12.3. The molecule has 1 fully saturated rings. The van der Waals surface area contributed by atoms with Crippen LogP contribution in [0.4, 0.5) is 11.4 Å². The first-order chi connectivity index (χ1) is 9.37. The van der Waals surface area contributed by atoms with Crippen molar-refractivity contribution in [3.05, 3.63) is 23.8 Å². The first kappa shape index (κ1) is 15.1. The number of hydrogen-bond acceptors (Lipinski definition) is 4. The van der Waals surface area contributed by atoms with Crippen LogP contribution in [0.15, 0.2) is 18.2 Å². The maximum absolute atomic E-state index is 12.2. The fraction of sp³-hybridized carbons (Fsp3) is 0.571. The lowest BCUT2D eigenvalue weighted by Crippen LogP contribution is -2.32. The molecule has 1 aliphatic heterocycles. The standard InChI is InChI=1S/C14H23N3O2S/c1-11-6-7-12(9-14(11)17(2)3)16-20(18,19)10-13-5-4-8-15-13/h6-7,9,13,15-16H,4-5,8,10H2,1-3H3. The molecule has 0 aliphatic carbocycles. The average molecular weight is 297 g/mol. The Morgan fingerprint density at radius 3 is 2.75 bits per heavy atom. The molecule has 0 saturated carbocycles. The number of rotatable bonds is 5. The van der Waals surface area contributed by atoms with Gasteiger partial charge in [-0.05, 0) is 44.0 Å². The van der Waals surface area contributed by atoms with Crippen LogP contribution in [0.5, 0.6) is 0 Å². The number of anilines is 2. The molecule has 1 aromatic rings. The van der Waals surface area contributed by atoms with Crippen molar-refractivity contribution >= 4 is 21.4 Å². The molecule has 112 valence electrons. The maximum atomic E-state index is 12.2. The van der Waals surface area contributed by atoms with Crippen molar-refractivity contribution in [2.45, 2.75) is 25.8 Å². The lowest BCUT2D eigenvalue weighted by Gasteiger charge is -2.18. The minimum absolute atomic E-state index is 0.0752. The van der Waals surface area contributed by atoms with Crippen LogP contribution >= 0.6 is 0 Å². The van der Waals surface area contributed by atoms with Gasteiger partial charge >= 0.3 is 0 Å². The van der Waals surface area contributed by atoms with Gasteiger partial charge in [-0.25, -0.2) is 8.42 Å². The Labute approximate surface area is 121 Å². The third-order valence-corrected chi connectivity index (χ3v) is 4.94. The summed E-state index contributed by atoms with van der Waals surface area (Å²) in [6.07, 6.45) is 1.98. The third-order valence-electron chi connectivity index (χ3n) is 3.55. The van der Waals surface area contributed by atoms with Crippen molar-refractivity contribution in [1.82, 2.24) is 5.32 Å². The Morgan fingerprint density at radius 2 is 2.15 bits per heavy atom. The van der Waals surface area contributed by atoms with Crippen LogP contribution in [0.25, 0.3) is 0 Å². The van der Waals surface area contributed by atoms with E-state index < -0.39 is 10.0 Å². The van der Waals surface area contributed by atoms with E-state index in [1.54, 1.807) is 0 Å². The molecular formula is C14H23N3O2S. The number of sulfonamides is 1. The fourth-order valence-electron chi connectivity index (χ4n) is 2.54. The van der Waals surface area contributed by atoms with Gasteiger partial charge in [-0.2, -0.15) is 0 Å². The van der Waals surface area contributed by atoms with Gasteiger partial charge in [-0.1, -0.05) is 6.07 Å². The third kappa shape index (κ3) is 3.86. The predicted octanol–water partition coefficient (Wildman–Crippen LogP) is 1.55. The summed E-state index contributed by atoms with van der Waals surface area (Å²) in [6.45, 7) is 2.92. The topological polar surface area (TPSA) is 61.4 Å². The van der Waals surface area contributed by atoms with Gasteiger partial charge in [0.1, 0.15) is 0 Å². The van der Waals surface area contributed by atoms with Gasteiger partial charge in [0.2, 0.25) is 10.0 Å². The van der Waals surface area contributed by atoms with Gasteiger partial charge in [0.25, 0.3) is 0 Å². The SMILES string of the molecule is Cc1ccc(NS(=O)(=O)CC2CCCN2)cc1N(C)C. The fourth-order valence-corrected chi connectivity index (χ4v) is 3.92. The van der Waals surface area contributed by atoms with Crippen molar-refractivity contribution in [1.29, 1.82) is 0 Å². The van der Waals surface area contributed by atoms with Crippen LogP contribution in [0.2, 0.25) is 0 Å². The molecule has 6 heteroatoms. The van der Waals surface area contributed by atoms with Crippen molar-refractivity contribution in [2.75, 3.05) is 36.0 Å². The van der Waals surface area contributed by atoms with E-state index in [-0.39, 0.29) is 11.8 Å². The monoisotopic (exact) mass is 297 g/mol. The minimum Gasteiger partial charge on any atom is -0.377 e. The van der Waals surface area contributed by atoms with Crippen LogP contribution in [-0.4, -0.2) is 40.9 Å². The van der Waals surface area contributed by atoms with Crippen LogP contribution in [0.3, 0.4) is 0 Å². The molecular weight excluding hydrogens is 274 g/mol. The van der Waals surface area contributed by atoms with Crippen LogP contribution < -0.4 is 14.9 Å². The number of benzene rings is 1. The molecule has 0 spiro atoms. The second-order valence-corrected chi connectivity index (χ2v) is 7.34. The summed E-state index contributed by atoms with van der Waals surface area (Å²) < 4.78 is 27.0. The van der Waals surface area contributed by atoms with Gasteiger partial charge in [0, 0.05) is 25.8 Å². The van der Waals surface area contributed by atoms with Gasteiger partial charge in [-0.15, -0.1) is 0 Å². The summed E-state index contributed by atoms with van der Waals surface area (Å²) in [7, 11) is 0.591. The Balaban J connectivity index is 2.10. The molecule has 1 saturated heterocycles. The first-order valence-corrected chi connectivity index (χ1v) is 8.54. The number of nitrogens with zero attached hydrogens (tertiary/aromatic N) is 1. The van der Waals surface area contributed by atoms with Crippen LogP contribution in [0.1, 0.15) is 18.4 Å². The Hall–Kier alpha value is -1.27. The predicted molar refractivity (Wildman–Crippen MR) is 83.9 cm³/mol. The van der Waals surface area contributed by atoms with E-state index in [0.29, 0.717) is 5.69 Å². The normalized spacial score (nSPS) is 19.1. The molecule has 1 aliphatic rings. The zero-order valence-corrected chi connectivity index (χ0v) is 13.1. The Morgan fingerprint density at radius 1 is 1.40 bits per heavy atom. The van der Waals surface area contributed by atoms with Gasteiger partial charge < -0.3 is 10.2 Å². The highest BCUT2D eigenvalue weighted by molar-refractivity contribution is 7.92. The van der Waals surface area contributed by atoms with Gasteiger partial charge in [0.05, 0.1) is 11.4 Å². The molecule has 1 heterocycles. The largest absolute Gasteiger partial charge is 0.377 e. The van der Waals surface area contributed by atoms with Gasteiger partial charge in [-0.3, -0.25) is 4.72 Å². The summed E-state index contributed by atoms with van der Waals surface area (Å²) in [6, 6.07) is 5.68. The summed E-state index contributed by atoms with van der Waals surface area (Å²) in [5.74, 6) is 0.137. The summed E-state index contributed by atoms with van der Waals surface area (Å²) in [4.78, 5) is 1.98.